The molecule has 2 aliphatic rings. The molecule has 1 N–H and O–H groups in total. The summed E-state index contributed by atoms with van der Waals surface area (Å²) in [6.07, 6.45) is 0. The number of nitrogens with one attached hydrogen (secondary N) is 1. The smallest absolute Gasteiger partial charge is 0.231 e. The van der Waals surface area contributed by atoms with E-state index in [1.807, 2.05) is 19.1 Å². The molecule has 2 heterocycles. The fourth-order valence-corrected chi connectivity index (χ4v) is 8.23. The average Bonchev–Trinajstić information content (AvgIpc) is 3.23. The molecule has 150 valence electrons. The van der Waals surface area contributed by atoms with E-state index in [2.05, 4.69) is 5.32 Å². The van der Waals surface area contributed by atoms with Crippen LogP contribution in [0.4, 0.5) is 0 Å². The number of hydrogen-bond acceptors (Lipinski definition) is 7. The second kappa shape index (κ2) is 7.06. The molecule has 2 aromatic rings. The molecule has 0 spiro atoms. The molecular weight excluding hydrogens is 402 g/mol. The van der Waals surface area contributed by atoms with Gasteiger partial charge >= 0.3 is 0 Å². The maximum Gasteiger partial charge on any atom is 0.231 e. The van der Waals surface area contributed by atoms with Crippen molar-refractivity contribution in [1.29, 1.82) is 0 Å². The second-order valence-corrected chi connectivity index (χ2v) is 11.5. The summed E-state index contributed by atoms with van der Waals surface area (Å²) < 4.78 is 61.2. The van der Waals surface area contributed by atoms with Gasteiger partial charge in [0.25, 0.3) is 0 Å². The Kier molecular flexibility index (Phi) is 4.84. The SMILES string of the molecule is Cc1ccc(S(=O)(=O)[C@H]2CS(=O)(=O)C[C@@H]2NCc2ccc3c(c2)OCO3)cc1. The van der Waals surface area contributed by atoms with Crippen LogP contribution in [0.1, 0.15) is 11.1 Å². The summed E-state index contributed by atoms with van der Waals surface area (Å²) in [5.41, 5.74) is 1.80. The number of fused-ring (bicyclic) bond motifs is 1. The van der Waals surface area contributed by atoms with E-state index in [0.717, 1.165) is 11.1 Å². The van der Waals surface area contributed by atoms with Gasteiger partial charge < -0.3 is 14.8 Å². The van der Waals surface area contributed by atoms with E-state index >= 15 is 0 Å². The maximum absolute atomic E-state index is 13.1. The van der Waals surface area contributed by atoms with Crippen molar-refractivity contribution in [2.24, 2.45) is 0 Å². The summed E-state index contributed by atoms with van der Waals surface area (Å²) >= 11 is 0. The first-order valence-electron chi connectivity index (χ1n) is 8.87. The van der Waals surface area contributed by atoms with Gasteiger partial charge in [0.15, 0.2) is 31.2 Å². The third-order valence-electron chi connectivity index (χ3n) is 5.05. The summed E-state index contributed by atoms with van der Waals surface area (Å²) in [6.45, 7) is 2.37. The lowest BCUT2D eigenvalue weighted by Gasteiger charge is -2.20. The fraction of sp³-hybridized carbons (Fsp3) is 0.368. The number of sulfone groups is 2. The Morgan fingerprint density at radius 1 is 1.04 bits per heavy atom. The molecule has 9 heteroatoms. The lowest BCUT2D eigenvalue weighted by atomic mass is 10.2. The summed E-state index contributed by atoms with van der Waals surface area (Å²) in [5, 5.41) is 2.11. The molecule has 2 aromatic carbocycles. The van der Waals surface area contributed by atoms with Crippen LogP contribution in [-0.2, 0) is 26.2 Å². The third kappa shape index (κ3) is 3.74. The van der Waals surface area contributed by atoms with Gasteiger partial charge in [-0.25, -0.2) is 16.8 Å². The summed E-state index contributed by atoms with van der Waals surface area (Å²) in [6, 6.07) is 11.2. The van der Waals surface area contributed by atoms with Crippen molar-refractivity contribution in [2.75, 3.05) is 18.3 Å². The highest BCUT2D eigenvalue weighted by Gasteiger charge is 2.45. The number of hydrogen-bond donors (Lipinski definition) is 1. The van der Waals surface area contributed by atoms with E-state index in [1.165, 1.54) is 12.1 Å². The second-order valence-electron chi connectivity index (χ2n) is 7.15. The minimum absolute atomic E-state index is 0.148. The molecular formula is C19H21NO6S2. The average molecular weight is 424 g/mol. The van der Waals surface area contributed by atoms with Crippen LogP contribution in [0.5, 0.6) is 11.5 Å². The molecule has 2 aliphatic heterocycles. The molecule has 7 nitrogen and oxygen atoms in total. The Balaban J connectivity index is 1.55. The van der Waals surface area contributed by atoms with Gasteiger partial charge in [-0.15, -0.1) is 0 Å². The van der Waals surface area contributed by atoms with E-state index in [1.54, 1.807) is 18.2 Å². The predicted octanol–water partition coefficient (Wildman–Crippen LogP) is 1.45. The minimum atomic E-state index is -3.78. The van der Waals surface area contributed by atoms with Crippen molar-refractivity contribution in [3.63, 3.8) is 0 Å². The monoisotopic (exact) mass is 423 g/mol. The zero-order valence-corrected chi connectivity index (χ0v) is 16.9. The molecule has 0 aromatic heterocycles. The van der Waals surface area contributed by atoms with Crippen LogP contribution in [0.15, 0.2) is 47.4 Å². The van der Waals surface area contributed by atoms with Crippen LogP contribution in [0, 0.1) is 6.92 Å². The Labute approximate surface area is 164 Å². The van der Waals surface area contributed by atoms with Crippen molar-refractivity contribution in [2.45, 2.75) is 29.7 Å². The van der Waals surface area contributed by atoms with Gasteiger partial charge in [-0.2, -0.15) is 0 Å². The maximum atomic E-state index is 13.1. The van der Waals surface area contributed by atoms with Crippen molar-refractivity contribution in [3.8, 4) is 11.5 Å². The Hall–Kier alpha value is -2.10. The van der Waals surface area contributed by atoms with Crippen LogP contribution in [-0.4, -0.2) is 46.4 Å². The quantitative estimate of drug-likeness (QED) is 0.777. The first-order chi connectivity index (χ1) is 13.2. The zero-order valence-electron chi connectivity index (χ0n) is 15.3. The van der Waals surface area contributed by atoms with Gasteiger partial charge in [0, 0.05) is 12.6 Å². The van der Waals surface area contributed by atoms with Crippen LogP contribution in [0.25, 0.3) is 0 Å². The highest BCUT2D eigenvalue weighted by atomic mass is 32.2. The number of ether oxygens (including phenoxy) is 2. The van der Waals surface area contributed by atoms with E-state index in [4.69, 9.17) is 9.47 Å². The molecule has 28 heavy (non-hydrogen) atoms. The number of benzene rings is 2. The van der Waals surface area contributed by atoms with Gasteiger partial charge in [0.05, 0.1) is 21.7 Å². The molecule has 0 saturated carbocycles. The third-order valence-corrected chi connectivity index (χ3v) is 9.22. The number of aryl methyl sites for hydroxylation is 1. The molecule has 2 atom stereocenters. The topological polar surface area (TPSA) is 98.8 Å². The lowest BCUT2D eigenvalue weighted by Crippen LogP contribution is -2.43. The van der Waals surface area contributed by atoms with Crippen molar-refractivity contribution in [3.05, 3.63) is 53.6 Å². The molecule has 4 rings (SSSR count). The summed E-state index contributed by atoms with van der Waals surface area (Å²) in [7, 11) is -7.22. The summed E-state index contributed by atoms with van der Waals surface area (Å²) in [5.74, 6) is 0.712. The predicted molar refractivity (Wildman–Crippen MR) is 104 cm³/mol. The lowest BCUT2D eigenvalue weighted by molar-refractivity contribution is 0.174. The van der Waals surface area contributed by atoms with Gasteiger partial charge in [0.2, 0.25) is 6.79 Å². The van der Waals surface area contributed by atoms with E-state index in [9.17, 15) is 16.8 Å². The molecule has 0 unspecified atom stereocenters. The highest BCUT2D eigenvalue weighted by molar-refractivity contribution is 7.96. The molecule has 0 amide bonds. The first kappa shape index (κ1) is 19.2. The van der Waals surface area contributed by atoms with Gasteiger partial charge in [0.1, 0.15) is 0 Å². The normalized spacial score (nSPS) is 23.0. The van der Waals surface area contributed by atoms with Crippen molar-refractivity contribution < 1.29 is 26.3 Å². The Morgan fingerprint density at radius 2 is 1.75 bits per heavy atom. The van der Waals surface area contributed by atoms with E-state index in [-0.39, 0.29) is 23.2 Å². The van der Waals surface area contributed by atoms with Gasteiger partial charge in [-0.05, 0) is 36.8 Å². The van der Waals surface area contributed by atoms with Gasteiger partial charge in [-0.3, -0.25) is 0 Å². The molecule has 1 fully saturated rings. The van der Waals surface area contributed by atoms with E-state index < -0.39 is 31.0 Å². The molecule has 0 bridgehead atoms. The number of rotatable bonds is 5. The van der Waals surface area contributed by atoms with Crippen LogP contribution >= 0.6 is 0 Å². The first-order valence-corrected chi connectivity index (χ1v) is 12.2. The Bertz CT molecular complexity index is 1090. The standard InChI is InChI=1S/C19H21NO6S2/c1-13-2-5-15(6-3-13)28(23,24)19-11-27(21,22)10-16(19)20-9-14-4-7-17-18(8-14)26-12-25-17/h2-8,16,19-20H,9-12H2,1H3/t16-,19-/m0/s1. The minimum Gasteiger partial charge on any atom is -0.454 e. The Morgan fingerprint density at radius 3 is 2.50 bits per heavy atom. The van der Waals surface area contributed by atoms with Crippen molar-refractivity contribution >= 4 is 19.7 Å². The molecule has 0 aliphatic carbocycles. The van der Waals surface area contributed by atoms with Crippen LogP contribution < -0.4 is 14.8 Å². The zero-order chi connectivity index (χ0) is 19.9. The van der Waals surface area contributed by atoms with Crippen LogP contribution in [0.2, 0.25) is 0 Å². The van der Waals surface area contributed by atoms with Gasteiger partial charge in [-0.1, -0.05) is 23.8 Å². The van der Waals surface area contributed by atoms with Crippen LogP contribution in [0.3, 0.4) is 0 Å². The summed E-state index contributed by atoms with van der Waals surface area (Å²) in [4.78, 5) is 0.148. The fourth-order valence-electron chi connectivity index (χ4n) is 3.51. The highest BCUT2D eigenvalue weighted by Crippen LogP contribution is 2.33. The molecule has 0 radical (unpaired) electrons. The van der Waals surface area contributed by atoms with Crippen molar-refractivity contribution in [1.82, 2.24) is 5.32 Å². The van der Waals surface area contributed by atoms with E-state index in [0.29, 0.717) is 18.0 Å². The molecule has 1 saturated heterocycles. The largest absolute Gasteiger partial charge is 0.454 e.